The van der Waals surface area contributed by atoms with E-state index >= 15 is 0 Å². The zero-order valence-electron chi connectivity index (χ0n) is 11.6. The Kier molecular flexibility index (Phi) is 2.49. The minimum Gasteiger partial charge on any atom is -0.0623 e. The third kappa shape index (κ3) is 1.43. The van der Waals surface area contributed by atoms with Crippen molar-refractivity contribution in [2.24, 2.45) is 0 Å². The molecule has 0 saturated carbocycles. The second-order valence-corrected chi connectivity index (χ2v) is 10.4. The minimum absolute atomic E-state index is 0.612. The van der Waals surface area contributed by atoms with Crippen LogP contribution in [0.5, 0.6) is 0 Å². The first-order valence-electron chi connectivity index (χ1n) is 6.76. The van der Waals surface area contributed by atoms with E-state index in [4.69, 9.17) is 0 Å². The van der Waals surface area contributed by atoms with Crippen LogP contribution in [-0.2, 0) is 0 Å². The summed E-state index contributed by atoms with van der Waals surface area (Å²) in [5.41, 5.74) is 4.53. The fourth-order valence-corrected chi connectivity index (χ4v) is 7.03. The summed E-state index contributed by atoms with van der Waals surface area (Å²) in [5.74, 6) is 0.612. The predicted octanol–water partition coefficient (Wildman–Crippen LogP) is 3.61. The van der Waals surface area contributed by atoms with Gasteiger partial charge in [-0.3, -0.25) is 0 Å². The molecule has 0 saturated heterocycles. The van der Waals surface area contributed by atoms with Crippen LogP contribution in [0.1, 0.15) is 25.3 Å². The van der Waals surface area contributed by atoms with Crippen LogP contribution < -0.4 is 10.4 Å². The van der Waals surface area contributed by atoms with Gasteiger partial charge < -0.3 is 0 Å². The van der Waals surface area contributed by atoms with E-state index in [1.165, 1.54) is 11.1 Å². The van der Waals surface area contributed by atoms with Gasteiger partial charge in [0.15, 0.2) is 0 Å². The van der Waals surface area contributed by atoms with Gasteiger partial charge in [-0.1, -0.05) is 69.4 Å². The van der Waals surface area contributed by atoms with Gasteiger partial charge in [0, 0.05) is 0 Å². The molecular formula is C17H20Si. The maximum absolute atomic E-state index is 2.49. The molecule has 0 aliphatic carbocycles. The smallest absolute Gasteiger partial charge is 0.0623 e. The molecule has 0 radical (unpaired) electrons. The van der Waals surface area contributed by atoms with Gasteiger partial charge in [-0.05, 0) is 33.0 Å². The predicted molar refractivity (Wildman–Crippen MR) is 82.7 cm³/mol. The van der Waals surface area contributed by atoms with Gasteiger partial charge in [0.1, 0.15) is 8.07 Å². The van der Waals surface area contributed by atoms with Crippen molar-refractivity contribution in [3.05, 3.63) is 48.0 Å². The molecule has 0 spiro atoms. The molecule has 0 fully saturated rings. The van der Waals surface area contributed by atoms with Gasteiger partial charge in [-0.2, -0.15) is 0 Å². The number of fused-ring (bicyclic) bond motifs is 3. The fourth-order valence-electron chi connectivity index (χ4n) is 3.37. The highest BCUT2D eigenvalue weighted by molar-refractivity contribution is 7.04. The molecule has 3 rings (SSSR count). The zero-order chi connectivity index (χ0) is 12.9. The van der Waals surface area contributed by atoms with Crippen molar-refractivity contribution in [1.82, 2.24) is 0 Å². The van der Waals surface area contributed by atoms with Gasteiger partial charge in [0.2, 0.25) is 0 Å². The molecule has 0 bridgehead atoms. The van der Waals surface area contributed by atoms with Crippen molar-refractivity contribution in [2.45, 2.75) is 32.9 Å². The summed E-state index contributed by atoms with van der Waals surface area (Å²) in [6.45, 7) is 9.60. The highest BCUT2D eigenvalue weighted by Crippen LogP contribution is 2.31. The van der Waals surface area contributed by atoms with Crippen molar-refractivity contribution in [3.8, 4) is 11.1 Å². The van der Waals surface area contributed by atoms with Gasteiger partial charge in [0.25, 0.3) is 0 Å². The average molecular weight is 252 g/mol. The molecule has 2 aromatic rings. The van der Waals surface area contributed by atoms with Gasteiger partial charge in [-0.25, -0.2) is 0 Å². The SMILES string of the molecule is CC(C)c1cccc2c1[Si](C)(C)c1ccccc1-2. The van der Waals surface area contributed by atoms with Crippen LogP contribution in [0.4, 0.5) is 0 Å². The number of hydrogen-bond acceptors (Lipinski definition) is 0. The van der Waals surface area contributed by atoms with E-state index in [0.717, 1.165) is 0 Å². The first kappa shape index (κ1) is 11.7. The Labute approximate surface area is 111 Å². The van der Waals surface area contributed by atoms with E-state index in [1.807, 2.05) is 0 Å². The van der Waals surface area contributed by atoms with Crippen LogP contribution in [0, 0.1) is 0 Å². The Morgan fingerprint density at radius 1 is 0.833 bits per heavy atom. The molecule has 0 nitrogen and oxygen atoms in total. The van der Waals surface area contributed by atoms with Crippen molar-refractivity contribution >= 4 is 18.4 Å². The van der Waals surface area contributed by atoms with Gasteiger partial charge in [0.05, 0.1) is 0 Å². The molecule has 0 unspecified atom stereocenters. The number of hydrogen-bond donors (Lipinski definition) is 0. The van der Waals surface area contributed by atoms with Crippen molar-refractivity contribution < 1.29 is 0 Å². The second kappa shape index (κ2) is 3.82. The molecule has 0 amide bonds. The van der Waals surface area contributed by atoms with E-state index in [2.05, 4.69) is 69.4 Å². The molecule has 1 heterocycles. The lowest BCUT2D eigenvalue weighted by Gasteiger charge is -2.23. The Morgan fingerprint density at radius 2 is 1.50 bits per heavy atom. The van der Waals surface area contributed by atoms with E-state index in [0.29, 0.717) is 5.92 Å². The molecule has 92 valence electrons. The fraction of sp³-hybridized carbons (Fsp3) is 0.294. The first-order chi connectivity index (χ1) is 8.53. The molecule has 1 aliphatic heterocycles. The lowest BCUT2D eigenvalue weighted by Crippen LogP contribution is -2.50. The largest absolute Gasteiger partial charge is 0.114 e. The number of benzene rings is 2. The highest BCUT2D eigenvalue weighted by Gasteiger charge is 2.38. The molecule has 18 heavy (non-hydrogen) atoms. The standard InChI is InChI=1S/C17H20Si/c1-12(2)13-9-7-10-15-14-8-5-6-11-16(14)18(3,4)17(13)15/h5-12H,1-4H3. The Hall–Kier alpha value is -1.34. The lowest BCUT2D eigenvalue weighted by atomic mass is 9.97. The van der Waals surface area contributed by atoms with E-state index in [-0.39, 0.29) is 0 Å². The molecule has 2 aromatic carbocycles. The Balaban J connectivity index is 2.38. The molecule has 0 N–H and O–H groups in total. The van der Waals surface area contributed by atoms with Crippen molar-refractivity contribution in [1.29, 1.82) is 0 Å². The molecule has 0 atom stereocenters. The summed E-state index contributed by atoms with van der Waals surface area (Å²) in [7, 11) is -1.49. The van der Waals surface area contributed by atoms with Crippen molar-refractivity contribution in [3.63, 3.8) is 0 Å². The maximum atomic E-state index is 2.49. The summed E-state index contributed by atoms with van der Waals surface area (Å²) in [5, 5.41) is 3.27. The molecule has 1 aliphatic rings. The van der Waals surface area contributed by atoms with E-state index in [9.17, 15) is 0 Å². The van der Waals surface area contributed by atoms with E-state index < -0.39 is 8.07 Å². The van der Waals surface area contributed by atoms with Gasteiger partial charge in [-0.15, -0.1) is 0 Å². The van der Waals surface area contributed by atoms with E-state index in [1.54, 1.807) is 15.9 Å². The van der Waals surface area contributed by atoms with Crippen LogP contribution in [-0.4, -0.2) is 8.07 Å². The van der Waals surface area contributed by atoms with Crippen LogP contribution >= 0.6 is 0 Å². The van der Waals surface area contributed by atoms with Crippen molar-refractivity contribution in [2.75, 3.05) is 0 Å². The average Bonchev–Trinajstić information content (AvgIpc) is 2.60. The van der Waals surface area contributed by atoms with Crippen LogP contribution in [0.3, 0.4) is 0 Å². The first-order valence-corrected chi connectivity index (χ1v) is 9.76. The third-order valence-corrected chi connectivity index (χ3v) is 7.82. The highest BCUT2D eigenvalue weighted by atomic mass is 28.3. The minimum atomic E-state index is -1.49. The monoisotopic (exact) mass is 252 g/mol. The normalized spacial score (nSPS) is 15.6. The molecular weight excluding hydrogens is 232 g/mol. The van der Waals surface area contributed by atoms with Crippen LogP contribution in [0.25, 0.3) is 11.1 Å². The zero-order valence-corrected chi connectivity index (χ0v) is 12.6. The number of rotatable bonds is 1. The summed E-state index contributed by atoms with van der Waals surface area (Å²) >= 11 is 0. The topological polar surface area (TPSA) is 0 Å². The quantitative estimate of drug-likeness (QED) is 0.680. The summed E-state index contributed by atoms with van der Waals surface area (Å²) < 4.78 is 0. The molecule has 1 heteroatoms. The molecule has 0 aromatic heterocycles. The summed E-state index contributed by atoms with van der Waals surface area (Å²) in [6.07, 6.45) is 0. The van der Waals surface area contributed by atoms with Crippen LogP contribution in [0.15, 0.2) is 42.5 Å². The Bertz CT molecular complexity index is 609. The van der Waals surface area contributed by atoms with Gasteiger partial charge >= 0.3 is 0 Å². The second-order valence-electron chi connectivity index (χ2n) is 6.10. The summed E-state index contributed by atoms with van der Waals surface area (Å²) in [4.78, 5) is 0. The lowest BCUT2D eigenvalue weighted by molar-refractivity contribution is 0.873. The maximum Gasteiger partial charge on any atom is 0.114 e. The Morgan fingerprint density at radius 3 is 2.22 bits per heavy atom. The summed E-state index contributed by atoms with van der Waals surface area (Å²) in [6, 6.07) is 15.8. The third-order valence-electron chi connectivity index (χ3n) is 4.23. The van der Waals surface area contributed by atoms with Crippen LogP contribution in [0.2, 0.25) is 13.1 Å².